The maximum atomic E-state index is 13.0. The number of nitrogens with zero attached hydrogens (tertiary/aromatic N) is 4. The van der Waals surface area contributed by atoms with E-state index in [-0.39, 0.29) is 5.82 Å². The smallest absolute Gasteiger partial charge is 0.243 e. The minimum absolute atomic E-state index is 0.341. The van der Waals surface area contributed by atoms with Crippen molar-refractivity contribution in [1.29, 1.82) is 0 Å². The molecule has 19 heavy (non-hydrogen) atoms. The monoisotopic (exact) mass is 257 g/mol. The van der Waals surface area contributed by atoms with Crippen LogP contribution in [0.15, 0.2) is 36.8 Å². The molecule has 0 unspecified atom stereocenters. The Kier molecular flexibility index (Phi) is 2.83. The zero-order chi connectivity index (χ0) is 13.2. The van der Waals surface area contributed by atoms with Gasteiger partial charge in [-0.05, 0) is 36.2 Å². The Morgan fingerprint density at radius 2 is 2.21 bits per heavy atom. The van der Waals surface area contributed by atoms with Gasteiger partial charge in [-0.25, -0.2) is 8.91 Å². The number of fused-ring (bicyclic) bond motifs is 1. The summed E-state index contributed by atoms with van der Waals surface area (Å²) in [6.45, 7) is 2.60. The Balaban J connectivity index is 1.80. The molecule has 0 bridgehead atoms. The van der Waals surface area contributed by atoms with Crippen molar-refractivity contribution >= 4 is 11.6 Å². The van der Waals surface area contributed by atoms with E-state index >= 15 is 0 Å². The maximum Gasteiger partial charge on any atom is 0.243 e. The average Bonchev–Trinajstić information content (AvgIpc) is 2.79. The third-order valence-electron chi connectivity index (χ3n) is 2.88. The summed E-state index contributed by atoms with van der Waals surface area (Å²) in [4.78, 5) is 8.33. The number of nitrogens with one attached hydrogen (secondary N) is 1. The molecular weight excluding hydrogens is 245 g/mol. The highest BCUT2D eigenvalue weighted by molar-refractivity contribution is 5.43. The zero-order valence-electron chi connectivity index (χ0n) is 10.3. The standard InChI is InChI=1S/C13H12FN5/c1-9-4-5-15-6-10(9)7-16-13-17-12-3-2-11(14)8-19(12)18-13/h2-6,8H,7H2,1H3,(H,16,18). The first kappa shape index (κ1) is 11.6. The summed E-state index contributed by atoms with van der Waals surface area (Å²) >= 11 is 0. The number of anilines is 1. The van der Waals surface area contributed by atoms with Crippen LogP contribution in [0.1, 0.15) is 11.1 Å². The van der Waals surface area contributed by atoms with E-state index in [1.165, 1.54) is 16.8 Å². The molecule has 0 spiro atoms. The van der Waals surface area contributed by atoms with Crippen LogP contribution in [0.2, 0.25) is 0 Å². The SMILES string of the molecule is Cc1ccncc1CNc1nc2ccc(F)cn2n1. The molecule has 3 rings (SSSR count). The van der Waals surface area contributed by atoms with Crippen LogP contribution in [0.3, 0.4) is 0 Å². The minimum atomic E-state index is -0.341. The summed E-state index contributed by atoms with van der Waals surface area (Å²) in [6, 6.07) is 4.89. The van der Waals surface area contributed by atoms with Crippen LogP contribution in [0.5, 0.6) is 0 Å². The molecule has 0 amide bonds. The lowest BCUT2D eigenvalue weighted by atomic mass is 10.2. The van der Waals surface area contributed by atoms with E-state index in [1.54, 1.807) is 18.5 Å². The van der Waals surface area contributed by atoms with E-state index in [4.69, 9.17) is 0 Å². The van der Waals surface area contributed by atoms with Gasteiger partial charge in [0, 0.05) is 18.9 Å². The van der Waals surface area contributed by atoms with Crippen LogP contribution in [0.4, 0.5) is 10.3 Å². The summed E-state index contributed by atoms with van der Waals surface area (Å²) < 4.78 is 14.4. The molecule has 0 fully saturated rings. The summed E-state index contributed by atoms with van der Waals surface area (Å²) in [7, 11) is 0. The fourth-order valence-electron chi connectivity index (χ4n) is 1.79. The number of halogens is 1. The lowest BCUT2D eigenvalue weighted by molar-refractivity contribution is 0.615. The molecule has 96 valence electrons. The Morgan fingerprint density at radius 3 is 3.05 bits per heavy atom. The Morgan fingerprint density at radius 1 is 1.32 bits per heavy atom. The van der Waals surface area contributed by atoms with Crippen LogP contribution in [-0.4, -0.2) is 19.6 Å². The quantitative estimate of drug-likeness (QED) is 0.781. The van der Waals surface area contributed by atoms with Gasteiger partial charge < -0.3 is 5.32 Å². The van der Waals surface area contributed by atoms with Crippen LogP contribution in [0, 0.1) is 12.7 Å². The van der Waals surface area contributed by atoms with E-state index in [9.17, 15) is 4.39 Å². The van der Waals surface area contributed by atoms with Crippen molar-refractivity contribution in [2.24, 2.45) is 0 Å². The minimum Gasteiger partial charge on any atom is -0.349 e. The van der Waals surface area contributed by atoms with Crippen molar-refractivity contribution in [2.75, 3.05) is 5.32 Å². The molecule has 5 nitrogen and oxygen atoms in total. The van der Waals surface area contributed by atoms with Crippen molar-refractivity contribution in [1.82, 2.24) is 19.6 Å². The molecule has 0 saturated carbocycles. The number of hydrogen-bond donors (Lipinski definition) is 1. The third-order valence-corrected chi connectivity index (χ3v) is 2.88. The molecule has 6 heteroatoms. The lowest BCUT2D eigenvalue weighted by Gasteiger charge is -2.04. The first-order valence-electron chi connectivity index (χ1n) is 5.88. The van der Waals surface area contributed by atoms with Gasteiger partial charge in [0.15, 0.2) is 5.65 Å². The van der Waals surface area contributed by atoms with Gasteiger partial charge in [0.1, 0.15) is 5.82 Å². The van der Waals surface area contributed by atoms with Crippen molar-refractivity contribution in [3.05, 3.63) is 53.7 Å². The summed E-state index contributed by atoms with van der Waals surface area (Å²) in [6.07, 6.45) is 4.85. The van der Waals surface area contributed by atoms with Crippen LogP contribution in [-0.2, 0) is 6.54 Å². The normalized spacial score (nSPS) is 10.8. The molecule has 0 aliphatic carbocycles. The van der Waals surface area contributed by atoms with Gasteiger partial charge in [0.05, 0.1) is 6.20 Å². The van der Waals surface area contributed by atoms with Gasteiger partial charge in [0.2, 0.25) is 5.95 Å². The molecule has 0 aromatic carbocycles. The third kappa shape index (κ3) is 2.37. The van der Waals surface area contributed by atoms with Gasteiger partial charge in [0.25, 0.3) is 0 Å². The number of pyridine rings is 2. The molecule has 0 aliphatic rings. The predicted molar refractivity (Wildman–Crippen MR) is 69.2 cm³/mol. The molecule has 0 saturated heterocycles. The molecule has 3 aromatic heterocycles. The number of aromatic nitrogens is 4. The van der Waals surface area contributed by atoms with E-state index in [2.05, 4.69) is 20.4 Å². The van der Waals surface area contributed by atoms with E-state index in [0.717, 1.165) is 11.1 Å². The Labute approximate surface area is 109 Å². The van der Waals surface area contributed by atoms with Gasteiger partial charge in [-0.2, -0.15) is 4.98 Å². The van der Waals surface area contributed by atoms with Crippen LogP contribution >= 0.6 is 0 Å². The second kappa shape index (κ2) is 4.64. The van der Waals surface area contributed by atoms with Gasteiger partial charge >= 0.3 is 0 Å². The largest absolute Gasteiger partial charge is 0.349 e. The first-order valence-corrected chi connectivity index (χ1v) is 5.88. The molecule has 3 heterocycles. The number of aryl methyl sites for hydroxylation is 1. The Bertz CT molecular complexity index is 722. The van der Waals surface area contributed by atoms with Crippen molar-refractivity contribution < 1.29 is 4.39 Å². The van der Waals surface area contributed by atoms with E-state index in [0.29, 0.717) is 18.1 Å². The summed E-state index contributed by atoms with van der Waals surface area (Å²) in [5.74, 6) is 0.126. The molecule has 0 atom stereocenters. The van der Waals surface area contributed by atoms with Gasteiger partial charge in [-0.3, -0.25) is 4.98 Å². The Hall–Kier alpha value is -2.50. The lowest BCUT2D eigenvalue weighted by Crippen LogP contribution is -2.03. The molecule has 0 aliphatic heterocycles. The van der Waals surface area contributed by atoms with E-state index in [1.807, 2.05) is 13.0 Å². The molecule has 1 N–H and O–H groups in total. The highest BCUT2D eigenvalue weighted by atomic mass is 19.1. The molecular formula is C13H12FN5. The molecule has 3 aromatic rings. The van der Waals surface area contributed by atoms with Gasteiger partial charge in [-0.15, -0.1) is 5.10 Å². The van der Waals surface area contributed by atoms with Crippen molar-refractivity contribution in [2.45, 2.75) is 13.5 Å². The van der Waals surface area contributed by atoms with Crippen molar-refractivity contribution in [3.8, 4) is 0 Å². The number of hydrogen-bond acceptors (Lipinski definition) is 4. The molecule has 0 radical (unpaired) electrons. The summed E-state index contributed by atoms with van der Waals surface area (Å²) in [5.41, 5.74) is 2.83. The van der Waals surface area contributed by atoms with E-state index < -0.39 is 0 Å². The highest BCUT2D eigenvalue weighted by Gasteiger charge is 2.04. The second-order valence-electron chi connectivity index (χ2n) is 4.24. The first-order chi connectivity index (χ1) is 9.22. The zero-order valence-corrected chi connectivity index (χ0v) is 10.3. The van der Waals surface area contributed by atoms with Crippen LogP contribution < -0.4 is 5.32 Å². The van der Waals surface area contributed by atoms with Crippen molar-refractivity contribution in [3.63, 3.8) is 0 Å². The predicted octanol–water partition coefficient (Wildman–Crippen LogP) is 2.18. The topological polar surface area (TPSA) is 55.1 Å². The fourth-order valence-corrected chi connectivity index (χ4v) is 1.79. The average molecular weight is 257 g/mol. The van der Waals surface area contributed by atoms with Gasteiger partial charge in [-0.1, -0.05) is 0 Å². The second-order valence-corrected chi connectivity index (χ2v) is 4.24. The number of rotatable bonds is 3. The fraction of sp³-hybridized carbons (Fsp3) is 0.154. The van der Waals surface area contributed by atoms with Crippen LogP contribution in [0.25, 0.3) is 5.65 Å². The summed E-state index contributed by atoms with van der Waals surface area (Å²) in [5, 5.41) is 7.26. The highest BCUT2D eigenvalue weighted by Crippen LogP contribution is 2.10. The maximum absolute atomic E-state index is 13.0.